The maximum atomic E-state index is 12.0. The number of anilines is 1. The van der Waals surface area contributed by atoms with Gasteiger partial charge >= 0.3 is 0 Å². The third kappa shape index (κ3) is 3.26. The lowest BCUT2D eigenvalue weighted by Crippen LogP contribution is -2.19. The lowest BCUT2D eigenvalue weighted by Gasteiger charge is -2.06. The highest BCUT2D eigenvalue weighted by atomic mass is 32.2. The van der Waals surface area contributed by atoms with Gasteiger partial charge in [-0.15, -0.1) is 11.8 Å². The fourth-order valence-electron chi connectivity index (χ4n) is 1.59. The number of nitrogens with zero attached hydrogens (tertiary/aromatic N) is 1. The molecule has 0 spiro atoms. The predicted octanol–water partition coefficient (Wildman–Crippen LogP) is 2.36. The van der Waals surface area contributed by atoms with Crippen LogP contribution < -0.4 is 10.9 Å². The van der Waals surface area contributed by atoms with Crippen molar-refractivity contribution in [1.29, 1.82) is 0 Å². The van der Waals surface area contributed by atoms with Crippen LogP contribution in [0, 0.1) is 0 Å². The first-order chi connectivity index (χ1) is 9.10. The summed E-state index contributed by atoms with van der Waals surface area (Å²) in [4.78, 5) is 24.6. The number of aromatic nitrogens is 1. The zero-order valence-corrected chi connectivity index (χ0v) is 11.5. The van der Waals surface area contributed by atoms with Gasteiger partial charge in [-0.1, -0.05) is 6.07 Å². The first-order valence-corrected chi connectivity index (χ1v) is 6.95. The summed E-state index contributed by atoms with van der Waals surface area (Å²) in [6, 6.07) is 10.5. The van der Waals surface area contributed by atoms with Crippen LogP contribution in [-0.4, -0.2) is 16.7 Å². The highest BCUT2D eigenvalue weighted by Gasteiger charge is 2.07. The molecule has 4 nitrogen and oxygen atoms in total. The van der Waals surface area contributed by atoms with Gasteiger partial charge in [0.2, 0.25) is 0 Å². The van der Waals surface area contributed by atoms with E-state index in [4.69, 9.17) is 0 Å². The van der Waals surface area contributed by atoms with E-state index in [1.807, 2.05) is 30.5 Å². The Kier molecular flexibility index (Phi) is 4.06. The van der Waals surface area contributed by atoms with Gasteiger partial charge in [0, 0.05) is 35.5 Å². The van der Waals surface area contributed by atoms with E-state index >= 15 is 0 Å². The summed E-state index contributed by atoms with van der Waals surface area (Å²) in [5, 5.41) is 2.78. The van der Waals surface area contributed by atoms with Crippen LogP contribution in [0.25, 0.3) is 0 Å². The van der Waals surface area contributed by atoms with Gasteiger partial charge in [0.25, 0.3) is 11.5 Å². The summed E-state index contributed by atoms with van der Waals surface area (Å²) in [5.74, 6) is -0.282. The Morgan fingerprint density at radius 2 is 2.05 bits per heavy atom. The lowest BCUT2D eigenvalue weighted by atomic mass is 10.2. The van der Waals surface area contributed by atoms with Gasteiger partial charge in [-0.3, -0.25) is 9.59 Å². The maximum Gasteiger partial charge on any atom is 0.255 e. The fraction of sp³-hybridized carbons (Fsp3) is 0.143. The van der Waals surface area contributed by atoms with Crippen LogP contribution in [0.15, 0.2) is 52.3 Å². The molecule has 1 aromatic heterocycles. The molecule has 2 aromatic rings. The Morgan fingerprint density at radius 3 is 2.74 bits per heavy atom. The molecule has 1 amide bonds. The second-order valence-electron chi connectivity index (χ2n) is 4.05. The van der Waals surface area contributed by atoms with E-state index in [9.17, 15) is 9.59 Å². The van der Waals surface area contributed by atoms with E-state index in [1.165, 1.54) is 10.6 Å². The van der Waals surface area contributed by atoms with Crippen molar-refractivity contribution in [3.63, 3.8) is 0 Å². The summed E-state index contributed by atoms with van der Waals surface area (Å²) in [5.41, 5.74) is 0.876. The average Bonchev–Trinajstić information content (AvgIpc) is 2.42. The molecule has 0 bridgehead atoms. The van der Waals surface area contributed by atoms with Crippen molar-refractivity contribution in [3.8, 4) is 0 Å². The van der Waals surface area contributed by atoms with Gasteiger partial charge in [0.1, 0.15) is 0 Å². The molecule has 0 atom stereocenters. The summed E-state index contributed by atoms with van der Waals surface area (Å²) >= 11 is 1.61. The molecule has 2 rings (SSSR count). The number of carbonyl (C=O) groups is 1. The summed E-state index contributed by atoms with van der Waals surface area (Å²) in [6.45, 7) is 0. The van der Waals surface area contributed by atoms with E-state index in [1.54, 1.807) is 31.1 Å². The Hall–Kier alpha value is -2.01. The van der Waals surface area contributed by atoms with Crippen molar-refractivity contribution >= 4 is 23.4 Å². The topological polar surface area (TPSA) is 51.1 Å². The third-order valence-corrected chi connectivity index (χ3v) is 3.42. The molecule has 0 saturated carbocycles. The van der Waals surface area contributed by atoms with Gasteiger partial charge < -0.3 is 9.88 Å². The van der Waals surface area contributed by atoms with Crippen molar-refractivity contribution in [2.24, 2.45) is 7.05 Å². The molecule has 5 heteroatoms. The second kappa shape index (κ2) is 5.75. The maximum absolute atomic E-state index is 12.0. The Bertz CT molecular complexity index is 664. The SMILES string of the molecule is CSc1cccc(NC(=O)c2ccn(C)c(=O)c2)c1. The molecule has 0 unspecified atom stereocenters. The normalized spacial score (nSPS) is 10.2. The van der Waals surface area contributed by atoms with Crippen LogP contribution in [-0.2, 0) is 7.05 Å². The Labute approximate surface area is 115 Å². The van der Waals surface area contributed by atoms with Crippen LogP contribution >= 0.6 is 11.8 Å². The van der Waals surface area contributed by atoms with E-state index in [0.717, 1.165) is 10.6 Å². The molecule has 1 heterocycles. The predicted molar refractivity (Wildman–Crippen MR) is 77.9 cm³/mol. The lowest BCUT2D eigenvalue weighted by molar-refractivity contribution is 0.102. The number of aryl methyl sites for hydroxylation is 1. The number of rotatable bonds is 3. The van der Waals surface area contributed by atoms with E-state index in [-0.39, 0.29) is 11.5 Å². The zero-order chi connectivity index (χ0) is 13.8. The second-order valence-corrected chi connectivity index (χ2v) is 4.93. The van der Waals surface area contributed by atoms with Crippen molar-refractivity contribution < 1.29 is 4.79 Å². The molecule has 0 radical (unpaired) electrons. The number of pyridine rings is 1. The van der Waals surface area contributed by atoms with Gasteiger partial charge in [-0.2, -0.15) is 0 Å². The molecule has 1 N–H and O–H groups in total. The third-order valence-electron chi connectivity index (χ3n) is 2.69. The molecule has 1 aromatic carbocycles. The minimum atomic E-state index is -0.282. The minimum absolute atomic E-state index is 0.203. The summed E-state index contributed by atoms with van der Waals surface area (Å²) in [7, 11) is 1.64. The molecule has 0 aliphatic heterocycles. The van der Waals surface area contributed by atoms with E-state index in [2.05, 4.69) is 5.32 Å². The number of hydrogen-bond donors (Lipinski definition) is 1. The van der Waals surface area contributed by atoms with Gasteiger partial charge in [-0.25, -0.2) is 0 Å². The monoisotopic (exact) mass is 274 g/mol. The number of nitrogens with one attached hydrogen (secondary N) is 1. The zero-order valence-electron chi connectivity index (χ0n) is 10.7. The van der Waals surface area contributed by atoms with Crippen LogP contribution in [0.4, 0.5) is 5.69 Å². The summed E-state index contributed by atoms with van der Waals surface area (Å²) in [6.07, 6.45) is 3.55. The number of carbonyl (C=O) groups excluding carboxylic acids is 1. The standard InChI is InChI=1S/C14H14N2O2S/c1-16-7-6-10(8-13(16)17)14(18)15-11-4-3-5-12(9-11)19-2/h3-9H,1-2H3,(H,15,18). The summed E-state index contributed by atoms with van der Waals surface area (Å²) < 4.78 is 1.42. The highest BCUT2D eigenvalue weighted by molar-refractivity contribution is 7.98. The largest absolute Gasteiger partial charge is 0.322 e. The van der Waals surface area contributed by atoms with Gasteiger partial charge in [0.05, 0.1) is 0 Å². The Balaban J connectivity index is 2.20. The molecule has 19 heavy (non-hydrogen) atoms. The molecule has 98 valence electrons. The van der Waals surface area contributed by atoms with Gasteiger partial charge in [0.15, 0.2) is 0 Å². The van der Waals surface area contributed by atoms with Crippen LogP contribution in [0.1, 0.15) is 10.4 Å². The fourth-order valence-corrected chi connectivity index (χ4v) is 2.05. The first kappa shape index (κ1) is 13.4. The van der Waals surface area contributed by atoms with E-state index in [0.29, 0.717) is 5.56 Å². The number of amides is 1. The molecule has 0 aliphatic rings. The minimum Gasteiger partial charge on any atom is -0.322 e. The number of thioether (sulfide) groups is 1. The molecule has 0 fully saturated rings. The van der Waals surface area contributed by atoms with Gasteiger partial charge in [-0.05, 0) is 30.5 Å². The van der Waals surface area contributed by atoms with Crippen LogP contribution in [0.2, 0.25) is 0 Å². The molecule has 0 saturated heterocycles. The van der Waals surface area contributed by atoms with Crippen molar-refractivity contribution in [2.75, 3.05) is 11.6 Å². The molecular formula is C14H14N2O2S. The van der Waals surface area contributed by atoms with Crippen molar-refractivity contribution in [3.05, 3.63) is 58.5 Å². The average molecular weight is 274 g/mol. The highest BCUT2D eigenvalue weighted by Crippen LogP contribution is 2.19. The first-order valence-electron chi connectivity index (χ1n) is 5.72. The van der Waals surface area contributed by atoms with Crippen molar-refractivity contribution in [1.82, 2.24) is 4.57 Å². The number of hydrogen-bond acceptors (Lipinski definition) is 3. The van der Waals surface area contributed by atoms with Crippen molar-refractivity contribution in [2.45, 2.75) is 4.90 Å². The number of benzene rings is 1. The van der Waals surface area contributed by atoms with E-state index < -0.39 is 0 Å². The Morgan fingerprint density at radius 1 is 1.26 bits per heavy atom. The smallest absolute Gasteiger partial charge is 0.255 e. The molecule has 0 aliphatic carbocycles. The quantitative estimate of drug-likeness (QED) is 0.874. The molecular weight excluding hydrogens is 260 g/mol. The van der Waals surface area contributed by atoms with Crippen LogP contribution in [0.3, 0.4) is 0 Å². The van der Waals surface area contributed by atoms with Crippen LogP contribution in [0.5, 0.6) is 0 Å².